The second-order valence-corrected chi connectivity index (χ2v) is 8.64. The molecule has 30 heavy (non-hydrogen) atoms. The first kappa shape index (κ1) is 18.7. The van der Waals surface area contributed by atoms with Crippen LogP contribution in [0.15, 0.2) is 24.3 Å². The van der Waals surface area contributed by atoms with Crippen molar-refractivity contribution in [2.45, 2.75) is 13.0 Å². The first-order valence-electron chi connectivity index (χ1n) is 9.60. The van der Waals surface area contributed by atoms with Gasteiger partial charge >= 0.3 is 0 Å². The molecule has 1 aromatic carbocycles. The maximum absolute atomic E-state index is 13.1. The highest BCUT2D eigenvalue weighted by molar-refractivity contribution is 7.17. The van der Waals surface area contributed by atoms with E-state index < -0.39 is 0 Å². The minimum absolute atomic E-state index is 0.0464. The smallest absolute Gasteiger partial charge is 0.270 e. The number of likely N-dealkylation sites (N-methyl/N-ethyl adjacent to an activating group) is 1. The number of hydrogen-bond acceptors (Lipinski definition) is 5. The van der Waals surface area contributed by atoms with Gasteiger partial charge in [-0.15, -0.1) is 11.3 Å². The summed E-state index contributed by atoms with van der Waals surface area (Å²) in [6.07, 6.45) is 0.580. The summed E-state index contributed by atoms with van der Waals surface area (Å²) in [5, 5.41) is 4.34. The van der Waals surface area contributed by atoms with Gasteiger partial charge in [0.25, 0.3) is 11.8 Å². The fourth-order valence-corrected chi connectivity index (χ4v) is 5.33. The molecule has 2 N–H and O–H groups in total. The molecule has 4 heterocycles. The number of carbonyl (C=O) groups is 3. The Kier molecular flexibility index (Phi) is 4.28. The van der Waals surface area contributed by atoms with Crippen LogP contribution in [0.3, 0.4) is 0 Å². The van der Waals surface area contributed by atoms with Gasteiger partial charge < -0.3 is 24.8 Å². The number of nitrogens with zero attached hydrogens (tertiary/aromatic N) is 2. The Morgan fingerprint density at radius 3 is 2.83 bits per heavy atom. The second kappa shape index (κ2) is 6.88. The Bertz CT molecular complexity index is 1210. The predicted molar refractivity (Wildman–Crippen MR) is 113 cm³/mol. The van der Waals surface area contributed by atoms with Crippen LogP contribution in [0.2, 0.25) is 0 Å². The van der Waals surface area contributed by atoms with Crippen molar-refractivity contribution in [3.8, 4) is 5.75 Å². The van der Waals surface area contributed by atoms with Crippen LogP contribution in [0.1, 0.15) is 31.3 Å². The molecule has 0 spiro atoms. The number of aromatic amines is 1. The third-order valence-corrected chi connectivity index (χ3v) is 6.73. The van der Waals surface area contributed by atoms with Gasteiger partial charge in [-0.3, -0.25) is 14.4 Å². The zero-order valence-corrected chi connectivity index (χ0v) is 17.4. The van der Waals surface area contributed by atoms with Gasteiger partial charge in [0.2, 0.25) is 5.91 Å². The summed E-state index contributed by atoms with van der Waals surface area (Å²) in [6, 6.07) is 7.46. The maximum Gasteiger partial charge on any atom is 0.270 e. The lowest BCUT2D eigenvalue weighted by atomic mass is 10.0. The highest BCUT2D eigenvalue weighted by atomic mass is 32.1. The third-order valence-electron chi connectivity index (χ3n) is 5.60. The van der Waals surface area contributed by atoms with E-state index in [0.717, 1.165) is 27.1 Å². The lowest BCUT2D eigenvalue weighted by molar-refractivity contribution is -0.116. The average molecular weight is 424 g/mol. The lowest BCUT2D eigenvalue weighted by Gasteiger charge is -2.27. The molecule has 154 valence electrons. The molecule has 8 nitrogen and oxygen atoms in total. The van der Waals surface area contributed by atoms with Crippen molar-refractivity contribution in [2.75, 3.05) is 32.6 Å². The van der Waals surface area contributed by atoms with Gasteiger partial charge in [-0.25, -0.2) is 0 Å². The molecule has 0 bridgehead atoms. The van der Waals surface area contributed by atoms with E-state index in [9.17, 15) is 14.4 Å². The molecule has 9 heteroatoms. The number of amides is 3. The van der Waals surface area contributed by atoms with Crippen molar-refractivity contribution in [3.63, 3.8) is 0 Å². The third kappa shape index (κ3) is 2.93. The summed E-state index contributed by atoms with van der Waals surface area (Å²) >= 11 is 1.39. The molecule has 3 aromatic rings. The summed E-state index contributed by atoms with van der Waals surface area (Å²) in [6.45, 7) is 0.973. The lowest BCUT2D eigenvalue weighted by Crippen LogP contribution is -2.36. The van der Waals surface area contributed by atoms with E-state index in [4.69, 9.17) is 4.74 Å². The number of ether oxygens (including phenoxy) is 1. The van der Waals surface area contributed by atoms with Crippen molar-refractivity contribution < 1.29 is 19.1 Å². The monoisotopic (exact) mass is 424 g/mol. The number of aromatic nitrogens is 1. The van der Waals surface area contributed by atoms with Gasteiger partial charge in [-0.05, 0) is 36.2 Å². The number of hydrogen-bond donors (Lipinski definition) is 2. The van der Waals surface area contributed by atoms with Gasteiger partial charge in [0.15, 0.2) is 0 Å². The molecule has 0 radical (unpaired) electrons. The van der Waals surface area contributed by atoms with Crippen LogP contribution in [0.4, 0.5) is 5.00 Å². The molecule has 0 fully saturated rings. The van der Waals surface area contributed by atoms with E-state index >= 15 is 0 Å². The number of fused-ring (bicyclic) bond motifs is 4. The SMILES string of the molecule is COc1ccc2[nH]c(C(=O)N3CCc4c(sc5c4C(=O)N(C)CC(=O)N5)C3)cc2c1. The number of nitrogens with one attached hydrogen (secondary N) is 2. The van der Waals surface area contributed by atoms with E-state index in [0.29, 0.717) is 35.8 Å². The maximum atomic E-state index is 13.1. The highest BCUT2D eigenvalue weighted by Gasteiger charge is 2.34. The quantitative estimate of drug-likeness (QED) is 0.661. The zero-order valence-electron chi connectivity index (χ0n) is 16.6. The van der Waals surface area contributed by atoms with E-state index in [1.165, 1.54) is 16.2 Å². The molecular weight excluding hydrogens is 404 g/mol. The summed E-state index contributed by atoms with van der Waals surface area (Å²) < 4.78 is 5.25. The van der Waals surface area contributed by atoms with E-state index in [-0.39, 0.29) is 24.3 Å². The van der Waals surface area contributed by atoms with Gasteiger partial charge in [0, 0.05) is 29.4 Å². The fourth-order valence-electron chi connectivity index (χ4n) is 4.06. The first-order chi connectivity index (χ1) is 14.4. The Hall–Kier alpha value is -3.33. The van der Waals surface area contributed by atoms with Crippen molar-refractivity contribution >= 4 is 45.0 Å². The molecule has 0 atom stereocenters. The van der Waals surface area contributed by atoms with Gasteiger partial charge in [-0.1, -0.05) is 0 Å². The van der Waals surface area contributed by atoms with Crippen molar-refractivity contribution in [3.05, 3.63) is 46.0 Å². The molecular formula is C21H20N4O4S. The summed E-state index contributed by atoms with van der Waals surface area (Å²) in [7, 11) is 3.24. The van der Waals surface area contributed by atoms with Crippen LogP contribution >= 0.6 is 11.3 Å². The van der Waals surface area contributed by atoms with Crippen LogP contribution in [0, 0.1) is 0 Å². The minimum atomic E-state index is -0.204. The zero-order chi connectivity index (χ0) is 21.0. The number of H-pyrrole nitrogens is 1. The van der Waals surface area contributed by atoms with Crippen molar-refractivity contribution in [2.24, 2.45) is 0 Å². The number of anilines is 1. The number of rotatable bonds is 2. The van der Waals surface area contributed by atoms with Gasteiger partial charge in [0.05, 0.1) is 25.8 Å². The highest BCUT2D eigenvalue weighted by Crippen LogP contribution is 2.39. The summed E-state index contributed by atoms with van der Waals surface area (Å²) in [4.78, 5) is 45.2. The molecule has 3 amide bonds. The van der Waals surface area contributed by atoms with Gasteiger partial charge in [-0.2, -0.15) is 0 Å². The molecule has 0 saturated heterocycles. The topological polar surface area (TPSA) is 94.7 Å². The molecule has 0 aliphatic carbocycles. The molecule has 2 aliphatic heterocycles. The summed E-state index contributed by atoms with van der Waals surface area (Å²) in [5.74, 6) is 0.293. The van der Waals surface area contributed by atoms with Crippen molar-refractivity contribution in [1.29, 1.82) is 0 Å². The number of benzene rings is 1. The molecule has 0 saturated carbocycles. The normalized spacial score (nSPS) is 16.2. The van der Waals surface area contributed by atoms with Crippen LogP contribution in [-0.2, 0) is 17.8 Å². The minimum Gasteiger partial charge on any atom is -0.497 e. The van der Waals surface area contributed by atoms with Crippen molar-refractivity contribution in [1.82, 2.24) is 14.8 Å². The van der Waals surface area contributed by atoms with Crippen LogP contribution in [-0.4, -0.2) is 59.8 Å². The Morgan fingerprint density at radius 1 is 1.20 bits per heavy atom. The fraction of sp³-hybridized carbons (Fsp3) is 0.286. The van der Waals surface area contributed by atoms with E-state index in [1.54, 1.807) is 19.1 Å². The average Bonchev–Trinajstić information content (AvgIpc) is 3.29. The Morgan fingerprint density at radius 2 is 2.03 bits per heavy atom. The second-order valence-electron chi connectivity index (χ2n) is 7.53. The van der Waals surface area contributed by atoms with Crippen LogP contribution in [0.5, 0.6) is 5.75 Å². The van der Waals surface area contributed by atoms with Crippen LogP contribution < -0.4 is 10.1 Å². The van der Waals surface area contributed by atoms with E-state index in [1.807, 2.05) is 24.3 Å². The number of carbonyl (C=O) groups excluding carboxylic acids is 3. The number of thiophene rings is 1. The number of methoxy groups -OCH3 is 1. The molecule has 2 aliphatic rings. The molecule has 5 rings (SSSR count). The first-order valence-corrected chi connectivity index (χ1v) is 10.4. The van der Waals surface area contributed by atoms with Crippen LogP contribution in [0.25, 0.3) is 10.9 Å². The Balaban J connectivity index is 1.44. The standard InChI is InChI=1S/C21H20N4O4S/c1-24-10-17(26)23-19-18(21(24)28)13-5-6-25(9-16(13)30-19)20(27)15-8-11-7-12(29-2)3-4-14(11)22-15/h3-4,7-8,22H,5-6,9-10H2,1-2H3,(H,23,26). The largest absolute Gasteiger partial charge is 0.497 e. The Labute approximate surface area is 176 Å². The predicted octanol–water partition coefficient (Wildman–Crippen LogP) is 2.46. The molecule has 0 unspecified atom stereocenters. The molecule has 2 aromatic heterocycles. The van der Waals surface area contributed by atoms with E-state index in [2.05, 4.69) is 10.3 Å². The summed E-state index contributed by atoms with van der Waals surface area (Å²) in [5.41, 5.74) is 2.91. The van der Waals surface area contributed by atoms with Gasteiger partial charge in [0.1, 0.15) is 16.4 Å².